The van der Waals surface area contributed by atoms with Crippen molar-refractivity contribution in [1.82, 2.24) is 5.32 Å². The molecule has 0 saturated heterocycles. The number of halogens is 1. The van der Waals surface area contributed by atoms with Crippen LogP contribution in [-0.2, 0) is 9.47 Å². The Labute approximate surface area is 90.1 Å². The van der Waals surface area contributed by atoms with E-state index >= 15 is 0 Å². The quantitative estimate of drug-likeness (QED) is 0.792. The number of alkyl carbamates (subject to hydrolysis) is 1. The van der Waals surface area contributed by atoms with Crippen molar-refractivity contribution in [3.63, 3.8) is 0 Å². The number of carbonyl (C=O) groups excluding carboxylic acids is 1. The maximum atomic E-state index is 12.3. The maximum absolute atomic E-state index is 12.3. The molecule has 1 unspecified atom stereocenters. The van der Waals surface area contributed by atoms with Gasteiger partial charge >= 0.3 is 6.09 Å². The van der Waals surface area contributed by atoms with Gasteiger partial charge in [0, 0.05) is 0 Å². The molecule has 0 heterocycles. The SMILES string of the molecule is CC(F)OC[C@@H](C)NC(=O)OC(C)(C)C. The molecule has 1 amide bonds. The van der Waals surface area contributed by atoms with Gasteiger partial charge in [0.05, 0.1) is 12.6 Å². The molecule has 0 aromatic heterocycles. The summed E-state index contributed by atoms with van der Waals surface area (Å²) in [5.41, 5.74) is -0.530. The zero-order valence-electron chi connectivity index (χ0n) is 9.96. The highest BCUT2D eigenvalue weighted by atomic mass is 19.1. The summed E-state index contributed by atoms with van der Waals surface area (Å²) in [6.07, 6.45) is -1.85. The summed E-state index contributed by atoms with van der Waals surface area (Å²) in [6, 6.07) is -0.280. The summed E-state index contributed by atoms with van der Waals surface area (Å²) in [7, 11) is 0. The number of rotatable bonds is 4. The molecule has 0 rings (SSSR count). The van der Waals surface area contributed by atoms with Crippen LogP contribution in [0.5, 0.6) is 0 Å². The monoisotopic (exact) mass is 221 g/mol. The van der Waals surface area contributed by atoms with Crippen molar-refractivity contribution in [2.75, 3.05) is 6.61 Å². The average molecular weight is 221 g/mol. The van der Waals surface area contributed by atoms with Gasteiger partial charge in [0.2, 0.25) is 0 Å². The van der Waals surface area contributed by atoms with Crippen molar-refractivity contribution in [2.24, 2.45) is 0 Å². The van der Waals surface area contributed by atoms with E-state index in [0.717, 1.165) is 0 Å². The second-order valence-electron chi connectivity index (χ2n) is 4.42. The maximum Gasteiger partial charge on any atom is 0.407 e. The first-order chi connectivity index (χ1) is 6.70. The number of carbonyl (C=O) groups is 1. The minimum Gasteiger partial charge on any atom is -0.444 e. The third-order valence-electron chi connectivity index (χ3n) is 1.34. The molecule has 0 aliphatic carbocycles. The third kappa shape index (κ3) is 9.46. The van der Waals surface area contributed by atoms with Crippen LogP contribution < -0.4 is 5.32 Å². The van der Waals surface area contributed by atoms with E-state index in [9.17, 15) is 9.18 Å². The van der Waals surface area contributed by atoms with Crippen molar-refractivity contribution in [1.29, 1.82) is 0 Å². The van der Waals surface area contributed by atoms with Crippen molar-refractivity contribution >= 4 is 6.09 Å². The van der Waals surface area contributed by atoms with Gasteiger partial charge in [-0.05, 0) is 34.6 Å². The van der Waals surface area contributed by atoms with Gasteiger partial charge in [-0.3, -0.25) is 0 Å². The van der Waals surface area contributed by atoms with Gasteiger partial charge in [-0.25, -0.2) is 9.18 Å². The van der Waals surface area contributed by atoms with E-state index < -0.39 is 18.1 Å². The average Bonchev–Trinajstić information content (AvgIpc) is 1.96. The van der Waals surface area contributed by atoms with E-state index in [2.05, 4.69) is 5.32 Å². The molecule has 0 fully saturated rings. The molecule has 2 atom stereocenters. The highest BCUT2D eigenvalue weighted by molar-refractivity contribution is 5.68. The number of amides is 1. The fourth-order valence-electron chi connectivity index (χ4n) is 0.827. The topological polar surface area (TPSA) is 47.6 Å². The van der Waals surface area contributed by atoms with Crippen LogP contribution in [0.1, 0.15) is 34.6 Å². The van der Waals surface area contributed by atoms with Crippen LogP contribution in [0.3, 0.4) is 0 Å². The van der Waals surface area contributed by atoms with E-state index in [1.54, 1.807) is 27.7 Å². The summed E-state index contributed by atoms with van der Waals surface area (Å²) >= 11 is 0. The number of hydrogen-bond acceptors (Lipinski definition) is 3. The lowest BCUT2D eigenvalue weighted by molar-refractivity contribution is -0.0332. The zero-order valence-corrected chi connectivity index (χ0v) is 9.96. The Kier molecular flexibility index (Phi) is 5.57. The van der Waals surface area contributed by atoms with Gasteiger partial charge in [0.1, 0.15) is 5.60 Å². The fourth-order valence-corrected chi connectivity index (χ4v) is 0.827. The third-order valence-corrected chi connectivity index (χ3v) is 1.34. The molecule has 0 aliphatic heterocycles. The zero-order chi connectivity index (χ0) is 12.1. The van der Waals surface area contributed by atoms with Gasteiger partial charge in [-0.15, -0.1) is 0 Å². The van der Waals surface area contributed by atoms with Crippen molar-refractivity contribution < 1.29 is 18.7 Å². The van der Waals surface area contributed by atoms with E-state index in [0.29, 0.717) is 0 Å². The molecule has 0 bridgehead atoms. The van der Waals surface area contributed by atoms with E-state index in [4.69, 9.17) is 9.47 Å². The minimum atomic E-state index is -1.33. The number of ether oxygens (including phenoxy) is 2. The molecule has 90 valence electrons. The summed E-state index contributed by atoms with van der Waals surface area (Å²) in [5, 5.41) is 2.54. The summed E-state index contributed by atoms with van der Waals surface area (Å²) in [5.74, 6) is 0. The van der Waals surface area contributed by atoms with Gasteiger partial charge < -0.3 is 14.8 Å². The highest BCUT2D eigenvalue weighted by Crippen LogP contribution is 2.06. The van der Waals surface area contributed by atoms with Gasteiger partial charge in [0.25, 0.3) is 0 Å². The van der Waals surface area contributed by atoms with Crippen LogP contribution in [0.2, 0.25) is 0 Å². The Morgan fingerprint density at radius 3 is 2.33 bits per heavy atom. The summed E-state index contributed by atoms with van der Waals surface area (Å²) < 4.78 is 22.0. The summed E-state index contributed by atoms with van der Waals surface area (Å²) in [6.45, 7) is 8.45. The smallest absolute Gasteiger partial charge is 0.407 e. The minimum absolute atomic E-state index is 0.122. The van der Waals surface area contributed by atoms with Gasteiger partial charge in [-0.2, -0.15) is 0 Å². The Morgan fingerprint density at radius 2 is 1.93 bits per heavy atom. The first kappa shape index (κ1) is 14.2. The van der Waals surface area contributed by atoms with Gasteiger partial charge in [0.15, 0.2) is 6.36 Å². The molecule has 0 saturated carbocycles. The first-order valence-electron chi connectivity index (χ1n) is 4.96. The molecule has 0 aromatic carbocycles. The van der Waals surface area contributed by atoms with Crippen LogP contribution in [-0.4, -0.2) is 30.7 Å². The molecule has 0 radical (unpaired) electrons. The number of nitrogens with one attached hydrogen (secondary N) is 1. The number of hydrogen-bond donors (Lipinski definition) is 1. The second-order valence-corrected chi connectivity index (χ2v) is 4.42. The Bertz CT molecular complexity index is 201. The first-order valence-corrected chi connectivity index (χ1v) is 4.96. The molecule has 5 heteroatoms. The predicted molar refractivity (Wildman–Crippen MR) is 55.4 cm³/mol. The van der Waals surface area contributed by atoms with E-state index in [1.165, 1.54) is 6.92 Å². The van der Waals surface area contributed by atoms with E-state index in [-0.39, 0.29) is 12.6 Å². The van der Waals surface area contributed by atoms with Crippen LogP contribution in [0, 0.1) is 0 Å². The van der Waals surface area contributed by atoms with Crippen molar-refractivity contribution in [3.05, 3.63) is 0 Å². The Hall–Kier alpha value is -0.840. The van der Waals surface area contributed by atoms with Crippen LogP contribution in [0.15, 0.2) is 0 Å². The number of alkyl halides is 1. The largest absolute Gasteiger partial charge is 0.444 e. The lowest BCUT2D eigenvalue weighted by Gasteiger charge is -2.22. The van der Waals surface area contributed by atoms with Crippen LogP contribution in [0.4, 0.5) is 9.18 Å². The van der Waals surface area contributed by atoms with Crippen molar-refractivity contribution in [2.45, 2.75) is 52.6 Å². The Morgan fingerprint density at radius 1 is 1.40 bits per heavy atom. The lowest BCUT2D eigenvalue weighted by atomic mass is 10.2. The molecule has 0 spiro atoms. The van der Waals surface area contributed by atoms with Crippen LogP contribution >= 0.6 is 0 Å². The molecular formula is C10H20FNO3. The standard InChI is InChI=1S/C10H20FNO3/c1-7(6-14-8(2)11)12-9(13)15-10(3,4)5/h7-8H,6H2,1-5H3,(H,12,13)/t7-,8?/m1/s1. The fraction of sp³-hybridized carbons (Fsp3) is 0.900. The molecule has 15 heavy (non-hydrogen) atoms. The Balaban J connectivity index is 3.77. The normalized spacial score (nSPS) is 15.6. The molecule has 1 N–H and O–H groups in total. The van der Waals surface area contributed by atoms with E-state index in [1.807, 2.05) is 0 Å². The summed E-state index contributed by atoms with van der Waals surface area (Å²) in [4.78, 5) is 11.2. The van der Waals surface area contributed by atoms with Crippen molar-refractivity contribution in [3.8, 4) is 0 Å². The predicted octanol–water partition coefficient (Wildman–Crippen LogP) is 2.23. The second kappa shape index (κ2) is 5.90. The van der Waals surface area contributed by atoms with Crippen LogP contribution in [0.25, 0.3) is 0 Å². The van der Waals surface area contributed by atoms with Gasteiger partial charge in [-0.1, -0.05) is 0 Å². The molecule has 0 aromatic rings. The molecular weight excluding hydrogens is 201 g/mol. The lowest BCUT2D eigenvalue weighted by Crippen LogP contribution is -2.40. The molecule has 4 nitrogen and oxygen atoms in total. The highest BCUT2D eigenvalue weighted by Gasteiger charge is 2.17. The molecule has 0 aliphatic rings.